The normalized spacial score (nSPS) is 12.8. The predicted octanol–water partition coefficient (Wildman–Crippen LogP) is 2.86. The average molecular weight is 275 g/mol. The molecule has 0 bridgehead atoms. The quantitative estimate of drug-likeness (QED) is 0.865. The molecule has 0 aliphatic carbocycles. The summed E-state index contributed by atoms with van der Waals surface area (Å²) < 4.78 is 0. The molecule has 5 heteroatoms. The molecule has 0 aliphatic rings. The van der Waals surface area contributed by atoms with E-state index < -0.39 is 0 Å². The van der Waals surface area contributed by atoms with E-state index in [9.17, 15) is 4.79 Å². The average Bonchev–Trinajstić information content (AvgIpc) is 2.69. The van der Waals surface area contributed by atoms with Gasteiger partial charge in [-0.15, -0.1) is 11.3 Å². The molecule has 96 valence electrons. The molecule has 0 fully saturated rings. The van der Waals surface area contributed by atoms with E-state index in [-0.39, 0.29) is 5.91 Å². The standard InChI is InChI=1S/C12H19ClN2OS/c1-4-5-9(15(2)3)8-14-12(16)11-10(13)6-7-17-11/h6-7,9H,4-5,8H2,1-3H3,(H,14,16)/t9-/m0/s1. The van der Waals surface area contributed by atoms with Crippen LogP contribution in [0.4, 0.5) is 0 Å². The van der Waals surface area contributed by atoms with Gasteiger partial charge in [-0.25, -0.2) is 0 Å². The van der Waals surface area contributed by atoms with Crippen LogP contribution >= 0.6 is 22.9 Å². The molecule has 17 heavy (non-hydrogen) atoms. The minimum absolute atomic E-state index is 0.0760. The Hall–Kier alpha value is -0.580. The molecule has 1 amide bonds. The first-order valence-corrected chi connectivity index (χ1v) is 6.99. The third-order valence-corrected chi connectivity index (χ3v) is 4.01. The number of carbonyl (C=O) groups excluding carboxylic acids is 1. The molecule has 1 aromatic heterocycles. The van der Waals surface area contributed by atoms with Crippen molar-refractivity contribution in [2.75, 3.05) is 20.6 Å². The second-order valence-corrected chi connectivity index (χ2v) is 5.54. The van der Waals surface area contributed by atoms with Gasteiger partial charge in [-0.3, -0.25) is 4.79 Å². The van der Waals surface area contributed by atoms with Gasteiger partial charge in [-0.2, -0.15) is 0 Å². The van der Waals surface area contributed by atoms with Crippen molar-refractivity contribution >= 4 is 28.8 Å². The van der Waals surface area contributed by atoms with Crippen LogP contribution in [-0.4, -0.2) is 37.5 Å². The van der Waals surface area contributed by atoms with Crippen molar-refractivity contribution in [3.05, 3.63) is 21.3 Å². The smallest absolute Gasteiger partial charge is 0.262 e. The molecule has 1 rings (SSSR count). The molecule has 1 heterocycles. The summed E-state index contributed by atoms with van der Waals surface area (Å²) in [6.45, 7) is 2.81. The van der Waals surface area contributed by atoms with Crippen molar-refractivity contribution in [2.45, 2.75) is 25.8 Å². The molecular formula is C12H19ClN2OS. The Morgan fingerprint density at radius 3 is 2.76 bits per heavy atom. The molecule has 0 saturated carbocycles. The van der Waals surface area contributed by atoms with Gasteiger partial charge >= 0.3 is 0 Å². The first kappa shape index (κ1) is 14.5. The molecule has 0 aromatic carbocycles. The highest BCUT2D eigenvalue weighted by atomic mass is 35.5. The molecule has 1 N–H and O–H groups in total. The summed E-state index contributed by atoms with van der Waals surface area (Å²) in [5.41, 5.74) is 0. The van der Waals surface area contributed by atoms with Gasteiger partial charge in [-0.05, 0) is 32.0 Å². The van der Waals surface area contributed by atoms with Crippen LogP contribution in [0.1, 0.15) is 29.4 Å². The van der Waals surface area contributed by atoms with Crippen molar-refractivity contribution in [2.24, 2.45) is 0 Å². The maximum Gasteiger partial charge on any atom is 0.262 e. The van der Waals surface area contributed by atoms with Gasteiger partial charge in [0.1, 0.15) is 4.88 Å². The number of likely N-dealkylation sites (N-methyl/N-ethyl adjacent to an activating group) is 1. The van der Waals surface area contributed by atoms with Crippen LogP contribution < -0.4 is 5.32 Å². The fourth-order valence-corrected chi connectivity index (χ4v) is 2.68. The zero-order chi connectivity index (χ0) is 12.8. The van der Waals surface area contributed by atoms with E-state index in [4.69, 9.17) is 11.6 Å². The number of thiophene rings is 1. The molecule has 1 aromatic rings. The Morgan fingerprint density at radius 2 is 2.29 bits per heavy atom. The highest BCUT2D eigenvalue weighted by molar-refractivity contribution is 7.12. The number of carbonyl (C=O) groups is 1. The monoisotopic (exact) mass is 274 g/mol. The topological polar surface area (TPSA) is 32.3 Å². The van der Waals surface area contributed by atoms with E-state index in [0.717, 1.165) is 12.8 Å². The minimum atomic E-state index is -0.0760. The molecule has 0 unspecified atom stereocenters. The Morgan fingerprint density at radius 1 is 1.59 bits per heavy atom. The molecule has 0 spiro atoms. The number of hydrogen-bond donors (Lipinski definition) is 1. The Balaban J connectivity index is 2.49. The van der Waals surface area contributed by atoms with Crippen LogP contribution in [0.5, 0.6) is 0 Å². The molecular weight excluding hydrogens is 256 g/mol. The van der Waals surface area contributed by atoms with Crippen molar-refractivity contribution in [1.29, 1.82) is 0 Å². The van der Waals surface area contributed by atoms with Crippen molar-refractivity contribution in [3.63, 3.8) is 0 Å². The van der Waals surface area contributed by atoms with Crippen LogP contribution in [0.2, 0.25) is 5.02 Å². The fraction of sp³-hybridized carbons (Fsp3) is 0.583. The summed E-state index contributed by atoms with van der Waals surface area (Å²) in [4.78, 5) is 14.6. The molecule has 0 aliphatic heterocycles. The first-order valence-electron chi connectivity index (χ1n) is 5.73. The van der Waals surface area contributed by atoms with Gasteiger partial charge in [0.05, 0.1) is 5.02 Å². The summed E-state index contributed by atoms with van der Waals surface area (Å²) >= 11 is 7.29. The molecule has 1 atom stereocenters. The van der Waals surface area contributed by atoms with Gasteiger partial charge in [0, 0.05) is 12.6 Å². The first-order chi connectivity index (χ1) is 8.06. The van der Waals surface area contributed by atoms with E-state index in [1.165, 1.54) is 11.3 Å². The van der Waals surface area contributed by atoms with Gasteiger partial charge in [0.15, 0.2) is 0 Å². The summed E-state index contributed by atoms with van der Waals surface area (Å²) in [6, 6.07) is 2.12. The number of rotatable bonds is 6. The van der Waals surface area contributed by atoms with Crippen LogP contribution in [0.25, 0.3) is 0 Å². The van der Waals surface area contributed by atoms with Gasteiger partial charge in [0.2, 0.25) is 0 Å². The van der Waals surface area contributed by atoms with E-state index in [2.05, 4.69) is 17.1 Å². The molecule has 0 radical (unpaired) electrons. The third kappa shape index (κ3) is 4.30. The summed E-state index contributed by atoms with van der Waals surface area (Å²) in [5.74, 6) is -0.0760. The maximum absolute atomic E-state index is 11.9. The maximum atomic E-state index is 11.9. The SMILES string of the molecule is CCC[C@@H](CNC(=O)c1sccc1Cl)N(C)C. The summed E-state index contributed by atoms with van der Waals surface area (Å²) in [5, 5.41) is 5.30. The van der Waals surface area contributed by atoms with Crippen molar-refractivity contribution < 1.29 is 4.79 Å². The number of hydrogen-bond acceptors (Lipinski definition) is 3. The predicted molar refractivity (Wildman–Crippen MR) is 74.0 cm³/mol. The third-order valence-electron chi connectivity index (χ3n) is 2.67. The number of nitrogens with zero attached hydrogens (tertiary/aromatic N) is 1. The molecule has 3 nitrogen and oxygen atoms in total. The van der Waals surface area contributed by atoms with Gasteiger partial charge < -0.3 is 10.2 Å². The second kappa shape index (κ2) is 6.99. The lowest BCUT2D eigenvalue weighted by Crippen LogP contribution is -2.40. The van der Waals surface area contributed by atoms with Crippen LogP contribution in [0.3, 0.4) is 0 Å². The zero-order valence-corrected chi connectivity index (χ0v) is 12.1. The number of nitrogens with one attached hydrogen (secondary N) is 1. The van der Waals surface area contributed by atoms with Crippen LogP contribution in [-0.2, 0) is 0 Å². The number of amides is 1. The highest BCUT2D eigenvalue weighted by Crippen LogP contribution is 2.21. The van der Waals surface area contributed by atoms with E-state index in [1.54, 1.807) is 6.07 Å². The Labute approximate surface area is 112 Å². The number of halogens is 1. The Kier molecular flexibility index (Phi) is 5.95. The van der Waals surface area contributed by atoms with E-state index in [0.29, 0.717) is 22.5 Å². The lowest BCUT2D eigenvalue weighted by molar-refractivity contribution is 0.0944. The minimum Gasteiger partial charge on any atom is -0.350 e. The lowest BCUT2D eigenvalue weighted by Gasteiger charge is -2.24. The second-order valence-electron chi connectivity index (χ2n) is 4.21. The lowest BCUT2D eigenvalue weighted by atomic mass is 10.1. The fourth-order valence-electron chi connectivity index (χ4n) is 1.62. The summed E-state index contributed by atoms with van der Waals surface area (Å²) in [7, 11) is 4.06. The largest absolute Gasteiger partial charge is 0.350 e. The highest BCUT2D eigenvalue weighted by Gasteiger charge is 2.15. The van der Waals surface area contributed by atoms with Gasteiger partial charge in [-0.1, -0.05) is 24.9 Å². The van der Waals surface area contributed by atoms with Crippen molar-refractivity contribution in [3.8, 4) is 0 Å². The van der Waals surface area contributed by atoms with E-state index in [1.807, 2.05) is 19.5 Å². The van der Waals surface area contributed by atoms with Crippen LogP contribution in [0, 0.1) is 0 Å². The van der Waals surface area contributed by atoms with Crippen molar-refractivity contribution in [1.82, 2.24) is 10.2 Å². The van der Waals surface area contributed by atoms with Gasteiger partial charge in [0.25, 0.3) is 5.91 Å². The zero-order valence-electron chi connectivity index (χ0n) is 10.5. The summed E-state index contributed by atoms with van der Waals surface area (Å²) in [6.07, 6.45) is 2.18. The van der Waals surface area contributed by atoms with Crippen LogP contribution in [0.15, 0.2) is 11.4 Å². The van der Waals surface area contributed by atoms with E-state index >= 15 is 0 Å². The molecule has 0 saturated heterocycles. The Bertz CT molecular complexity index is 365.